The van der Waals surface area contributed by atoms with Crippen molar-refractivity contribution in [3.05, 3.63) is 25.3 Å². The molecule has 0 amide bonds. The molecule has 4 saturated heterocycles. The predicted octanol–water partition coefficient (Wildman–Crippen LogP) is 3.68. The number of nitrogens with two attached hydrogens (primary N) is 2. The topological polar surface area (TPSA) is 247 Å². The van der Waals surface area contributed by atoms with E-state index in [2.05, 4.69) is 75.2 Å². The third kappa shape index (κ3) is 6.20. The first-order valence-electron chi connectivity index (χ1n) is 16.2. The Balaban J connectivity index is 1.18. The highest BCUT2D eigenvalue weighted by atomic mass is 32.7. The molecular formula is C27H38N10O10P2S2Si. The van der Waals surface area contributed by atoms with Gasteiger partial charge in [0.2, 0.25) is 0 Å². The second-order valence-electron chi connectivity index (χ2n) is 14.5. The Labute approximate surface area is 308 Å². The van der Waals surface area contributed by atoms with Crippen molar-refractivity contribution in [3.63, 3.8) is 0 Å². The van der Waals surface area contributed by atoms with Gasteiger partial charge in [-0.25, -0.2) is 39.0 Å². The lowest BCUT2D eigenvalue weighted by atomic mass is 10.0. The van der Waals surface area contributed by atoms with Crippen molar-refractivity contribution in [2.45, 2.75) is 87.5 Å². The highest BCUT2D eigenvalue weighted by molar-refractivity contribution is 8.44. The Kier molecular flexibility index (Phi) is 8.93. The molecule has 20 nitrogen and oxygen atoms in total. The first-order chi connectivity index (χ1) is 24.4. The van der Waals surface area contributed by atoms with Crippen molar-refractivity contribution in [1.29, 1.82) is 0 Å². The van der Waals surface area contributed by atoms with Crippen LogP contribution in [0.25, 0.3) is 22.3 Å². The Bertz CT molecular complexity index is 2140. The summed E-state index contributed by atoms with van der Waals surface area (Å²) >= 11 is 8.80. The minimum absolute atomic E-state index is 0.0960. The number of hydrogen-bond donors (Lipinski definition) is 4. The van der Waals surface area contributed by atoms with E-state index in [-0.39, 0.29) is 29.9 Å². The first kappa shape index (κ1) is 36.7. The molecule has 8 rings (SSSR count). The molecule has 8 heterocycles. The van der Waals surface area contributed by atoms with Crippen LogP contribution in [0.4, 0.5) is 11.6 Å². The average molecular weight is 817 g/mol. The monoisotopic (exact) mass is 816 g/mol. The molecule has 1 unspecified atom stereocenters. The number of nitrogen functional groups attached to an aromatic ring is 2. The smallest absolute Gasteiger partial charge is 0.386 e. The zero-order valence-electron chi connectivity index (χ0n) is 28.6. The molecule has 4 aliphatic rings. The van der Waals surface area contributed by atoms with Gasteiger partial charge in [-0.2, -0.15) is 0 Å². The van der Waals surface area contributed by atoms with Crippen LogP contribution in [0.3, 0.4) is 0 Å². The van der Waals surface area contributed by atoms with E-state index in [1.54, 1.807) is 9.13 Å². The molecule has 10 atom stereocenters. The summed E-state index contributed by atoms with van der Waals surface area (Å²) in [5, 5.41) is -0.265. The van der Waals surface area contributed by atoms with Crippen molar-refractivity contribution in [3.8, 4) is 0 Å². The van der Waals surface area contributed by atoms with Gasteiger partial charge in [-0.05, 0) is 18.1 Å². The molecular weight excluding hydrogens is 779 g/mol. The fourth-order valence-electron chi connectivity index (χ4n) is 6.54. The van der Waals surface area contributed by atoms with Crippen molar-refractivity contribution < 1.29 is 45.9 Å². The van der Waals surface area contributed by atoms with Crippen molar-refractivity contribution >= 4 is 80.4 Å². The van der Waals surface area contributed by atoms with Crippen molar-refractivity contribution in [2.75, 3.05) is 31.3 Å². The number of nitrogens with zero attached hydrogens (tertiary/aromatic N) is 8. The number of thiol groups is 2. The number of fused-ring (bicyclic) bond motifs is 4. The zero-order chi connectivity index (χ0) is 37.0. The molecule has 0 radical (unpaired) electrons. The molecule has 0 saturated carbocycles. The van der Waals surface area contributed by atoms with Crippen LogP contribution in [0.5, 0.6) is 0 Å². The predicted molar refractivity (Wildman–Crippen MR) is 193 cm³/mol. The molecule has 0 spiro atoms. The summed E-state index contributed by atoms with van der Waals surface area (Å²) in [7, 11) is -2.61. The summed E-state index contributed by atoms with van der Waals surface area (Å²) in [6.45, 7) is 0.889. The molecule has 25 heteroatoms. The van der Waals surface area contributed by atoms with Gasteiger partial charge in [-0.1, -0.05) is 45.3 Å². The van der Waals surface area contributed by atoms with Gasteiger partial charge in [0.1, 0.15) is 59.8 Å². The first-order valence-corrected chi connectivity index (χ1v) is 24.5. The highest BCUT2D eigenvalue weighted by Crippen LogP contribution is 2.63. The summed E-state index contributed by atoms with van der Waals surface area (Å²) in [6, 6.07) is 0. The Morgan fingerprint density at radius 2 is 1.46 bits per heavy atom. The van der Waals surface area contributed by atoms with E-state index < -0.39 is 77.1 Å². The van der Waals surface area contributed by atoms with Gasteiger partial charge < -0.3 is 30.1 Å². The number of aromatic nitrogens is 8. The number of anilines is 2. The van der Waals surface area contributed by atoms with Gasteiger partial charge in [0.15, 0.2) is 43.7 Å². The number of ether oxygens (including phenoxy) is 3. The van der Waals surface area contributed by atoms with Gasteiger partial charge in [-0.3, -0.25) is 27.2 Å². The molecule has 4 bridgehead atoms. The molecule has 52 heavy (non-hydrogen) atoms. The summed E-state index contributed by atoms with van der Waals surface area (Å²) in [5.41, 5.74) is 12.0. The van der Waals surface area contributed by atoms with E-state index in [9.17, 15) is 9.13 Å². The lowest BCUT2D eigenvalue weighted by Gasteiger charge is -2.40. The second kappa shape index (κ2) is 12.7. The molecule has 0 aliphatic carbocycles. The highest BCUT2D eigenvalue weighted by Gasteiger charge is 2.66. The second-order valence-corrected chi connectivity index (χ2v) is 25.0. The molecule has 4 aromatic heterocycles. The zero-order valence-corrected chi connectivity index (χ0v) is 33.2. The molecule has 0 aromatic carbocycles. The van der Waals surface area contributed by atoms with Crippen LogP contribution in [-0.4, -0.2) is 103 Å². The maximum Gasteiger partial charge on any atom is 0.386 e. The van der Waals surface area contributed by atoms with E-state index >= 15 is 0 Å². The third-order valence-corrected chi connectivity index (χ3v) is 17.9. The van der Waals surface area contributed by atoms with Crippen molar-refractivity contribution in [2.24, 2.45) is 0 Å². The van der Waals surface area contributed by atoms with Crippen LogP contribution in [0.1, 0.15) is 33.2 Å². The quantitative estimate of drug-likeness (QED) is 0.130. The lowest BCUT2D eigenvalue weighted by Crippen LogP contribution is -2.50. The van der Waals surface area contributed by atoms with Gasteiger partial charge in [0.25, 0.3) is 0 Å². The van der Waals surface area contributed by atoms with Crippen LogP contribution >= 0.6 is 38.1 Å². The fraction of sp³-hybridized carbons (Fsp3) is 0.630. The molecule has 4 aliphatic heterocycles. The van der Waals surface area contributed by atoms with Gasteiger partial charge in [0.05, 0.1) is 32.5 Å². The SMILES string of the molecule is CC(C)(C)[Si](C)(C)OC1[C@H]2O[P@](=O)(S)OC[C@@]34CO[C@@H]([C@H](n5cnc6c(N)ncnc65)O3)[C@@H]4O[P@@](=O)(S)OC[C@H]1O[C@H]2n1cnc2c(N)ncnc21. The molecule has 4 N–H and O–H groups in total. The Morgan fingerprint density at radius 1 is 0.865 bits per heavy atom. The largest absolute Gasteiger partial charge is 0.408 e. The average Bonchev–Trinajstić information content (AvgIpc) is 3.87. The Hall–Kier alpha value is -2.24. The number of hydrogen-bond acceptors (Lipinski definition) is 18. The number of rotatable bonds is 4. The summed E-state index contributed by atoms with van der Waals surface area (Å²) in [4.78, 5) is 25.4. The van der Waals surface area contributed by atoms with Crippen LogP contribution < -0.4 is 11.5 Å². The third-order valence-electron chi connectivity index (χ3n) is 10.2. The molecule has 282 valence electrons. The number of imidazole rings is 2. The van der Waals surface area contributed by atoms with Crippen LogP contribution in [0, 0.1) is 0 Å². The maximum atomic E-state index is 14.4. The van der Waals surface area contributed by atoms with E-state index in [0.717, 1.165) is 0 Å². The summed E-state index contributed by atoms with van der Waals surface area (Å²) < 4.78 is 82.2. The Morgan fingerprint density at radius 3 is 2.08 bits per heavy atom. The molecule has 4 aromatic rings. The van der Waals surface area contributed by atoms with E-state index in [1.165, 1.54) is 25.3 Å². The maximum absolute atomic E-state index is 14.4. The van der Waals surface area contributed by atoms with E-state index in [4.69, 9.17) is 48.2 Å². The van der Waals surface area contributed by atoms with Crippen LogP contribution in [0.15, 0.2) is 25.3 Å². The normalized spacial score (nSPS) is 37.2. The summed E-state index contributed by atoms with van der Waals surface area (Å²) in [5.74, 6) is 0.312. The minimum atomic E-state index is -4.31. The fourth-order valence-corrected chi connectivity index (χ4v) is 10.8. The molecule has 4 fully saturated rings. The van der Waals surface area contributed by atoms with Crippen molar-refractivity contribution in [1.82, 2.24) is 39.0 Å². The van der Waals surface area contributed by atoms with E-state index in [0.29, 0.717) is 22.3 Å². The lowest BCUT2D eigenvalue weighted by molar-refractivity contribution is -0.182. The van der Waals surface area contributed by atoms with Crippen LogP contribution in [-0.2, 0) is 45.9 Å². The minimum Gasteiger partial charge on any atom is -0.408 e. The van der Waals surface area contributed by atoms with Gasteiger partial charge >= 0.3 is 13.6 Å². The standard InChI is InChI=1S/C27H38N10O10P2S2Si/c1-26(2,3)52(4,5)47-16-13-6-41-48(38,50)46-19-18-25(37-12-35-15-21(29)31-10-33-23(15)37)44-27(19,7-40-18)8-42-49(39,51)45-17(16)24(43-13)36-11-34-14-20(28)30-9-32-22(14)36/h9-13,16-19,24-25H,6-8H2,1-5H3,(H,38,50)(H,39,51)(H2,28,30,32)(H2,29,31,33)/t13-,16?,17-,18-,19+,24-,25-,27-,48+,49-/m1/s1. The van der Waals surface area contributed by atoms with E-state index in [1.807, 2.05) is 13.1 Å². The van der Waals surface area contributed by atoms with Crippen LogP contribution in [0.2, 0.25) is 18.1 Å². The van der Waals surface area contributed by atoms with Gasteiger partial charge in [0, 0.05) is 0 Å². The summed E-state index contributed by atoms with van der Waals surface area (Å²) in [6.07, 6.45) is -1.54. The van der Waals surface area contributed by atoms with Gasteiger partial charge in [-0.15, -0.1) is 0 Å².